The van der Waals surface area contributed by atoms with Crippen LogP contribution >= 0.6 is 0 Å². The van der Waals surface area contributed by atoms with Crippen LogP contribution in [0.3, 0.4) is 0 Å². The Balaban J connectivity index is 1.28. The second kappa shape index (κ2) is 11.6. The van der Waals surface area contributed by atoms with E-state index in [1.54, 1.807) is 32.7 Å². The Bertz CT molecular complexity index is 1240. The van der Waals surface area contributed by atoms with E-state index in [0.29, 0.717) is 29.2 Å². The monoisotopic (exact) mass is 499 g/mol. The highest BCUT2D eigenvalue weighted by Gasteiger charge is 2.28. The summed E-state index contributed by atoms with van der Waals surface area (Å²) < 4.78 is 16.5. The molecule has 0 unspecified atom stereocenters. The average Bonchev–Trinajstić information content (AvgIpc) is 2.97. The molecular weight excluding hydrogens is 466 g/mol. The summed E-state index contributed by atoms with van der Waals surface area (Å²) in [5.74, 6) is 2.33. The molecule has 0 amide bonds. The Labute approximate surface area is 218 Å². The first-order valence-corrected chi connectivity index (χ1v) is 12.9. The van der Waals surface area contributed by atoms with Gasteiger partial charge in [0.1, 0.15) is 17.6 Å². The van der Waals surface area contributed by atoms with Gasteiger partial charge in [0.15, 0.2) is 0 Å². The third kappa shape index (κ3) is 5.68. The summed E-state index contributed by atoms with van der Waals surface area (Å²) in [6.45, 7) is 3.84. The Hall–Kier alpha value is -3.67. The van der Waals surface area contributed by atoms with E-state index in [2.05, 4.69) is 38.4 Å². The van der Waals surface area contributed by atoms with E-state index in [1.807, 2.05) is 18.2 Å². The highest BCUT2D eigenvalue weighted by atomic mass is 16.5. The van der Waals surface area contributed by atoms with Crippen LogP contribution in [0.25, 0.3) is 11.1 Å². The van der Waals surface area contributed by atoms with Gasteiger partial charge in [0.2, 0.25) is 5.95 Å². The molecule has 5 rings (SSSR count). The molecule has 2 aliphatic rings. The van der Waals surface area contributed by atoms with Crippen LogP contribution in [0.1, 0.15) is 42.7 Å². The van der Waals surface area contributed by atoms with E-state index in [1.165, 1.54) is 31.2 Å². The van der Waals surface area contributed by atoms with Crippen molar-refractivity contribution < 1.29 is 14.2 Å². The summed E-state index contributed by atoms with van der Waals surface area (Å²) in [6, 6.07) is 14.6. The third-order valence-corrected chi connectivity index (χ3v) is 7.51. The van der Waals surface area contributed by atoms with Crippen molar-refractivity contribution in [3.63, 3.8) is 0 Å². The average molecular weight is 500 g/mol. The molecule has 1 aromatic heterocycles. The van der Waals surface area contributed by atoms with Crippen molar-refractivity contribution in [2.45, 2.75) is 37.6 Å². The van der Waals surface area contributed by atoms with Crippen LogP contribution in [0.2, 0.25) is 0 Å². The van der Waals surface area contributed by atoms with Crippen LogP contribution in [-0.2, 0) is 4.74 Å². The highest BCUT2D eigenvalue weighted by molar-refractivity contribution is 5.68. The standard InChI is InChI=1S/C29H33N5O3/c1-35-27-10-7-21(20-5-8-25(9-6-20)34-11-13-37-14-12-34)15-26(27)33-29-31-18-24(19-32-29)22-3-4-23(17-30)28(16-22)36-2/h3-4,7,10,15-16,18-20,25H,5-6,8-9,11-14H2,1-2H3,(H,31,32,33). The van der Waals surface area contributed by atoms with Crippen molar-refractivity contribution >= 4 is 11.6 Å². The number of aromatic nitrogens is 2. The lowest BCUT2D eigenvalue weighted by atomic mass is 9.81. The number of nitrogens with one attached hydrogen (secondary N) is 1. The zero-order valence-corrected chi connectivity index (χ0v) is 21.4. The molecule has 1 aliphatic carbocycles. The minimum atomic E-state index is 0.493. The molecule has 2 fully saturated rings. The molecule has 1 N–H and O–H groups in total. The third-order valence-electron chi connectivity index (χ3n) is 7.51. The molecule has 8 heteroatoms. The van der Waals surface area contributed by atoms with Crippen LogP contribution < -0.4 is 14.8 Å². The normalized spacial score (nSPS) is 20.1. The Morgan fingerprint density at radius 3 is 2.32 bits per heavy atom. The van der Waals surface area contributed by atoms with Gasteiger partial charge >= 0.3 is 0 Å². The number of hydrogen-bond acceptors (Lipinski definition) is 8. The van der Waals surface area contributed by atoms with Gasteiger partial charge in [-0.3, -0.25) is 4.90 Å². The number of nitriles is 1. The van der Waals surface area contributed by atoms with Crippen LogP contribution in [0.5, 0.6) is 11.5 Å². The zero-order chi connectivity index (χ0) is 25.6. The first-order valence-electron chi connectivity index (χ1n) is 12.9. The maximum Gasteiger partial charge on any atom is 0.227 e. The molecule has 0 atom stereocenters. The molecule has 0 bridgehead atoms. The fraction of sp³-hybridized carbons (Fsp3) is 0.414. The second-order valence-corrected chi connectivity index (χ2v) is 9.56. The minimum absolute atomic E-state index is 0.493. The number of nitrogens with zero attached hydrogens (tertiary/aromatic N) is 4. The lowest BCUT2D eigenvalue weighted by Crippen LogP contribution is -2.44. The number of hydrogen-bond donors (Lipinski definition) is 1. The summed E-state index contributed by atoms with van der Waals surface area (Å²) in [6.07, 6.45) is 8.35. The molecule has 1 saturated heterocycles. The first kappa shape index (κ1) is 25.0. The zero-order valence-electron chi connectivity index (χ0n) is 21.4. The van der Waals surface area contributed by atoms with Crippen LogP contribution in [-0.4, -0.2) is 61.4 Å². The number of rotatable bonds is 7. The van der Waals surface area contributed by atoms with Gasteiger partial charge < -0.3 is 19.5 Å². The Morgan fingerprint density at radius 1 is 0.919 bits per heavy atom. The molecule has 37 heavy (non-hydrogen) atoms. The maximum atomic E-state index is 9.22. The second-order valence-electron chi connectivity index (χ2n) is 9.56. The van der Waals surface area contributed by atoms with E-state index >= 15 is 0 Å². The smallest absolute Gasteiger partial charge is 0.227 e. The van der Waals surface area contributed by atoms with Crippen LogP contribution in [0.4, 0.5) is 11.6 Å². The van der Waals surface area contributed by atoms with Crippen LogP contribution in [0, 0.1) is 11.3 Å². The van der Waals surface area contributed by atoms with Crippen molar-refractivity contribution in [1.82, 2.24) is 14.9 Å². The van der Waals surface area contributed by atoms with Gasteiger partial charge in [-0.25, -0.2) is 9.97 Å². The van der Waals surface area contributed by atoms with Crippen molar-refractivity contribution in [2.75, 3.05) is 45.8 Å². The molecule has 1 saturated carbocycles. The highest BCUT2D eigenvalue weighted by Crippen LogP contribution is 2.38. The van der Waals surface area contributed by atoms with Gasteiger partial charge in [-0.05, 0) is 67.0 Å². The molecular formula is C29H33N5O3. The fourth-order valence-corrected chi connectivity index (χ4v) is 5.42. The minimum Gasteiger partial charge on any atom is -0.495 e. The number of ether oxygens (including phenoxy) is 3. The van der Waals surface area contributed by atoms with Crippen molar-refractivity contribution in [1.29, 1.82) is 5.26 Å². The van der Waals surface area contributed by atoms with E-state index < -0.39 is 0 Å². The fourth-order valence-electron chi connectivity index (χ4n) is 5.42. The number of methoxy groups -OCH3 is 2. The lowest BCUT2D eigenvalue weighted by Gasteiger charge is -2.39. The molecule has 0 radical (unpaired) electrons. The largest absolute Gasteiger partial charge is 0.495 e. The molecule has 192 valence electrons. The quantitative estimate of drug-likeness (QED) is 0.478. The van der Waals surface area contributed by atoms with E-state index in [4.69, 9.17) is 14.2 Å². The summed E-state index contributed by atoms with van der Waals surface area (Å²) in [4.78, 5) is 11.7. The molecule has 8 nitrogen and oxygen atoms in total. The van der Waals surface area contributed by atoms with Gasteiger partial charge in [0, 0.05) is 37.1 Å². The van der Waals surface area contributed by atoms with Crippen molar-refractivity contribution in [3.05, 3.63) is 59.9 Å². The molecule has 2 aromatic carbocycles. The number of morpholine rings is 1. The van der Waals surface area contributed by atoms with Crippen molar-refractivity contribution in [2.24, 2.45) is 0 Å². The van der Waals surface area contributed by atoms with Gasteiger partial charge in [0.05, 0.1) is 38.7 Å². The van der Waals surface area contributed by atoms with E-state index in [9.17, 15) is 5.26 Å². The summed E-state index contributed by atoms with van der Waals surface area (Å²) in [5, 5.41) is 12.6. The lowest BCUT2D eigenvalue weighted by molar-refractivity contribution is 0.00730. The molecule has 1 aliphatic heterocycles. The van der Waals surface area contributed by atoms with E-state index in [0.717, 1.165) is 48.9 Å². The van der Waals surface area contributed by atoms with Gasteiger partial charge in [0.25, 0.3) is 0 Å². The van der Waals surface area contributed by atoms with Gasteiger partial charge in [-0.15, -0.1) is 0 Å². The van der Waals surface area contributed by atoms with Crippen LogP contribution in [0.15, 0.2) is 48.8 Å². The number of anilines is 2. The summed E-state index contributed by atoms with van der Waals surface area (Å²) in [5.41, 5.74) is 4.40. The van der Waals surface area contributed by atoms with Gasteiger partial charge in [-0.2, -0.15) is 5.26 Å². The SMILES string of the molecule is COc1cc(-c2cnc(Nc3cc(C4CCC(N5CCOCC5)CC4)ccc3OC)nc2)ccc1C#N. The van der Waals surface area contributed by atoms with E-state index in [-0.39, 0.29) is 0 Å². The Kier molecular flexibility index (Phi) is 7.83. The molecule has 0 spiro atoms. The topological polar surface area (TPSA) is 92.5 Å². The van der Waals surface area contributed by atoms with Gasteiger partial charge in [-0.1, -0.05) is 12.1 Å². The number of benzene rings is 2. The molecule has 3 aromatic rings. The predicted molar refractivity (Wildman–Crippen MR) is 142 cm³/mol. The first-order chi connectivity index (χ1) is 18.2. The summed E-state index contributed by atoms with van der Waals surface area (Å²) >= 11 is 0. The molecule has 2 heterocycles. The predicted octanol–water partition coefficient (Wildman–Crippen LogP) is 5.13. The maximum absolute atomic E-state index is 9.22. The Morgan fingerprint density at radius 2 is 1.65 bits per heavy atom. The van der Waals surface area contributed by atoms with Crippen molar-refractivity contribution in [3.8, 4) is 28.7 Å². The summed E-state index contributed by atoms with van der Waals surface area (Å²) in [7, 11) is 3.23.